The Labute approximate surface area is 176 Å². The van der Waals surface area contributed by atoms with Gasteiger partial charge in [0.15, 0.2) is 0 Å². The molecule has 1 aliphatic rings. The second-order valence-corrected chi connectivity index (χ2v) is 7.08. The number of nitrogens with zero attached hydrogens (tertiary/aromatic N) is 4. The molecule has 30 heavy (non-hydrogen) atoms. The average Bonchev–Trinajstić information content (AvgIpc) is 2.74. The lowest BCUT2D eigenvalue weighted by atomic mass is 9.99. The van der Waals surface area contributed by atoms with Crippen molar-refractivity contribution in [3.8, 4) is 11.5 Å². The van der Waals surface area contributed by atoms with E-state index in [0.717, 1.165) is 30.9 Å². The molecule has 2 heterocycles. The van der Waals surface area contributed by atoms with E-state index in [1.165, 1.54) is 11.1 Å². The SMILES string of the molecule is CCOc1ccc2c(c1)CN(Cc1nc(N)nc(Nc3ccccc3OC)n1)CC2. The number of aromatic nitrogens is 3. The maximum Gasteiger partial charge on any atom is 0.232 e. The summed E-state index contributed by atoms with van der Waals surface area (Å²) in [6.45, 7) is 4.99. The van der Waals surface area contributed by atoms with Crippen molar-refractivity contribution in [2.24, 2.45) is 0 Å². The summed E-state index contributed by atoms with van der Waals surface area (Å²) in [6.07, 6.45) is 0.981. The Bertz CT molecular complexity index is 1030. The average molecular weight is 406 g/mol. The molecule has 0 unspecified atom stereocenters. The van der Waals surface area contributed by atoms with Gasteiger partial charge in [-0.05, 0) is 48.7 Å². The lowest BCUT2D eigenvalue weighted by molar-refractivity contribution is 0.238. The van der Waals surface area contributed by atoms with Crippen molar-refractivity contribution in [1.29, 1.82) is 0 Å². The zero-order valence-corrected chi connectivity index (χ0v) is 17.3. The van der Waals surface area contributed by atoms with E-state index < -0.39 is 0 Å². The van der Waals surface area contributed by atoms with E-state index in [-0.39, 0.29) is 5.95 Å². The lowest BCUT2D eigenvalue weighted by Crippen LogP contribution is -2.31. The Morgan fingerprint density at radius 3 is 2.80 bits per heavy atom. The number of para-hydroxylation sites is 2. The number of hydrogen-bond acceptors (Lipinski definition) is 8. The number of ether oxygens (including phenoxy) is 2. The van der Waals surface area contributed by atoms with Crippen molar-refractivity contribution in [3.63, 3.8) is 0 Å². The lowest BCUT2D eigenvalue weighted by Gasteiger charge is -2.28. The molecule has 3 N–H and O–H groups in total. The van der Waals surface area contributed by atoms with Crippen LogP contribution in [0.5, 0.6) is 11.5 Å². The number of nitrogen functional groups attached to an aromatic ring is 1. The van der Waals surface area contributed by atoms with Gasteiger partial charge in [-0.15, -0.1) is 0 Å². The summed E-state index contributed by atoms with van der Waals surface area (Å²) in [6, 6.07) is 13.9. The fraction of sp³-hybridized carbons (Fsp3) is 0.318. The summed E-state index contributed by atoms with van der Waals surface area (Å²) in [5.74, 6) is 2.83. The van der Waals surface area contributed by atoms with Gasteiger partial charge in [0, 0.05) is 13.1 Å². The van der Waals surface area contributed by atoms with Crippen molar-refractivity contribution in [3.05, 3.63) is 59.4 Å². The first-order valence-electron chi connectivity index (χ1n) is 10.0. The smallest absolute Gasteiger partial charge is 0.232 e. The number of hydrogen-bond donors (Lipinski definition) is 2. The normalized spacial score (nSPS) is 13.5. The Morgan fingerprint density at radius 1 is 1.10 bits per heavy atom. The van der Waals surface area contributed by atoms with E-state index in [1.54, 1.807) is 7.11 Å². The predicted molar refractivity (Wildman–Crippen MR) is 116 cm³/mol. The largest absolute Gasteiger partial charge is 0.495 e. The highest BCUT2D eigenvalue weighted by Crippen LogP contribution is 2.27. The first kappa shape index (κ1) is 19.9. The fourth-order valence-corrected chi connectivity index (χ4v) is 3.62. The molecule has 0 radical (unpaired) electrons. The van der Waals surface area contributed by atoms with Gasteiger partial charge in [-0.25, -0.2) is 0 Å². The summed E-state index contributed by atoms with van der Waals surface area (Å²) in [4.78, 5) is 15.4. The molecule has 2 aromatic carbocycles. The van der Waals surface area contributed by atoms with Crippen LogP contribution in [0.4, 0.5) is 17.6 Å². The molecule has 0 fully saturated rings. The van der Waals surface area contributed by atoms with Crippen LogP contribution in [0.3, 0.4) is 0 Å². The molecule has 4 rings (SSSR count). The number of nitrogens with one attached hydrogen (secondary N) is 1. The van der Waals surface area contributed by atoms with Crippen LogP contribution >= 0.6 is 0 Å². The number of anilines is 3. The van der Waals surface area contributed by atoms with Gasteiger partial charge in [0.2, 0.25) is 11.9 Å². The molecule has 8 nitrogen and oxygen atoms in total. The number of fused-ring (bicyclic) bond motifs is 1. The van der Waals surface area contributed by atoms with E-state index in [9.17, 15) is 0 Å². The molecular formula is C22H26N6O2. The number of nitrogens with two attached hydrogens (primary N) is 1. The molecule has 0 spiro atoms. The van der Waals surface area contributed by atoms with Crippen molar-refractivity contribution in [1.82, 2.24) is 19.9 Å². The highest BCUT2D eigenvalue weighted by Gasteiger charge is 2.19. The minimum atomic E-state index is 0.188. The Hall–Kier alpha value is -3.39. The summed E-state index contributed by atoms with van der Waals surface area (Å²) in [5, 5.41) is 3.18. The van der Waals surface area contributed by atoms with Gasteiger partial charge in [-0.1, -0.05) is 18.2 Å². The third-order valence-corrected chi connectivity index (χ3v) is 5.00. The third kappa shape index (κ3) is 4.60. The quantitative estimate of drug-likeness (QED) is 0.617. The second-order valence-electron chi connectivity index (χ2n) is 7.08. The molecule has 8 heteroatoms. The molecule has 0 saturated heterocycles. The molecule has 0 atom stereocenters. The highest BCUT2D eigenvalue weighted by atomic mass is 16.5. The van der Waals surface area contributed by atoms with Crippen LogP contribution < -0.4 is 20.5 Å². The van der Waals surface area contributed by atoms with Gasteiger partial charge in [0.25, 0.3) is 0 Å². The summed E-state index contributed by atoms with van der Waals surface area (Å²) < 4.78 is 11.0. The van der Waals surface area contributed by atoms with Gasteiger partial charge in [0.1, 0.15) is 17.3 Å². The number of benzene rings is 2. The summed E-state index contributed by atoms with van der Waals surface area (Å²) in [7, 11) is 1.62. The molecular weight excluding hydrogens is 380 g/mol. The molecule has 1 aliphatic heterocycles. The van der Waals surface area contributed by atoms with Gasteiger partial charge in [-0.2, -0.15) is 15.0 Å². The van der Waals surface area contributed by atoms with Crippen LogP contribution in [-0.4, -0.2) is 40.1 Å². The Balaban J connectivity index is 1.49. The number of methoxy groups -OCH3 is 1. The minimum absolute atomic E-state index is 0.188. The fourth-order valence-electron chi connectivity index (χ4n) is 3.62. The molecule has 0 bridgehead atoms. The zero-order chi connectivity index (χ0) is 20.9. The maximum absolute atomic E-state index is 5.95. The minimum Gasteiger partial charge on any atom is -0.495 e. The molecule has 0 aliphatic carbocycles. The number of rotatable bonds is 7. The summed E-state index contributed by atoms with van der Waals surface area (Å²) >= 11 is 0. The van der Waals surface area contributed by atoms with E-state index in [4.69, 9.17) is 15.2 Å². The van der Waals surface area contributed by atoms with Gasteiger partial charge in [-0.3, -0.25) is 4.90 Å². The predicted octanol–water partition coefficient (Wildman–Crippen LogP) is 3.16. The molecule has 3 aromatic rings. The highest BCUT2D eigenvalue weighted by molar-refractivity contribution is 5.62. The Kier molecular flexibility index (Phi) is 5.94. The van der Waals surface area contributed by atoms with Crippen molar-refractivity contribution >= 4 is 17.6 Å². The first-order valence-corrected chi connectivity index (χ1v) is 10.0. The van der Waals surface area contributed by atoms with Crippen LogP contribution in [0.2, 0.25) is 0 Å². The first-order chi connectivity index (χ1) is 14.6. The monoisotopic (exact) mass is 406 g/mol. The van der Waals surface area contributed by atoms with E-state index in [2.05, 4.69) is 37.3 Å². The van der Waals surface area contributed by atoms with Crippen molar-refractivity contribution in [2.75, 3.05) is 31.3 Å². The van der Waals surface area contributed by atoms with E-state index in [1.807, 2.05) is 37.3 Å². The summed E-state index contributed by atoms with van der Waals surface area (Å²) in [5.41, 5.74) is 9.36. The molecule has 0 saturated carbocycles. The zero-order valence-electron chi connectivity index (χ0n) is 17.3. The van der Waals surface area contributed by atoms with Crippen LogP contribution in [0.1, 0.15) is 23.9 Å². The van der Waals surface area contributed by atoms with Gasteiger partial charge >= 0.3 is 0 Å². The molecule has 0 amide bonds. The maximum atomic E-state index is 5.95. The molecule has 1 aromatic heterocycles. The third-order valence-electron chi connectivity index (χ3n) is 5.00. The van der Waals surface area contributed by atoms with E-state index >= 15 is 0 Å². The standard InChI is InChI=1S/C22H26N6O2/c1-3-30-17-9-8-15-10-11-28(13-16(15)12-17)14-20-25-21(23)27-22(26-20)24-18-6-4-5-7-19(18)29-2/h4-9,12H,3,10-11,13-14H2,1-2H3,(H3,23,24,25,26,27). The van der Waals surface area contributed by atoms with E-state index in [0.29, 0.717) is 30.7 Å². The molecule has 156 valence electrons. The van der Waals surface area contributed by atoms with Gasteiger partial charge < -0.3 is 20.5 Å². The van der Waals surface area contributed by atoms with Crippen LogP contribution in [0.15, 0.2) is 42.5 Å². The van der Waals surface area contributed by atoms with Crippen molar-refractivity contribution < 1.29 is 9.47 Å². The van der Waals surface area contributed by atoms with Crippen molar-refractivity contribution in [2.45, 2.75) is 26.4 Å². The van der Waals surface area contributed by atoms with Crippen LogP contribution in [-0.2, 0) is 19.5 Å². The van der Waals surface area contributed by atoms with Gasteiger partial charge in [0.05, 0.1) is 25.9 Å². The van der Waals surface area contributed by atoms with Crippen LogP contribution in [0.25, 0.3) is 0 Å². The second kappa shape index (κ2) is 8.96. The van der Waals surface area contributed by atoms with Crippen LogP contribution in [0, 0.1) is 0 Å². The Morgan fingerprint density at radius 2 is 1.97 bits per heavy atom. The topological polar surface area (TPSA) is 98.4 Å².